The Morgan fingerprint density at radius 2 is 1.94 bits per heavy atom. The molecule has 0 bridgehead atoms. The largest absolute Gasteiger partial charge is 0.486 e. The second-order valence-electron chi connectivity index (χ2n) is 8.10. The summed E-state index contributed by atoms with van der Waals surface area (Å²) in [7, 11) is 0. The summed E-state index contributed by atoms with van der Waals surface area (Å²) in [5, 5.41) is 12.6. The van der Waals surface area contributed by atoms with E-state index in [1.54, 1.807) is 18.3 Å². The maximum Gasteiger partial charge on any atom is 0.138 e. The molecule has 0 saturated carbocycles. The van der Waals surface area contributed by atoms with Crippen LogP contribution in [0.1, 0.15) is 11.3 Å². The molecule has 3 aromatic rings. The first-order valence-corrected chi connectivity index (χ1v) is 11.0. The predicted molar refractivity (Wildman–Crippen MR) is 124 cm³/mol. The average molecular weight is 444 g/mol. The number of nitrogens with one attached hydrogen (secondary N) is 1. The molecule has 33 heavy (non-hydrogen) atoms. The number of benzene rings is 1. The molecule has 0 amide bonds. The number of hydrogen-bond donors (Lipinski definition) is 1. The van der Waals surface area contributed by atoms with Crippen molar-refractivity contribution in [3.05, 3.63) is 59.9 Å². The molecule has 0 radical (unpaired) electrons. The molecule has 0 aliphatic carbocycles. The fourth-order valence-corrected chi connectivity index (χ4v) is 3.80. The third-order valence-electron chi connectivity index (χ3n) is 5.65. The van der Waals surface area contributed by atoms with E-state index in [2.05, 4.69) is 26.3 Å². The highest BCUT2D eigenvalue weighted by molar-refractivity contribution is 5.69. The van der Waals surface area contributed by atoms with Crippen LogP contribution >= 0.6 is 0 Å². The molecule has 4 heterocycles. The van der Waals surface area contributed by atoms with Gasteiger partial charge in [0.15, 0.2) is 0 Å². The van der Waals surface area contributed by atoms with Gasteiger partial charge in [-0.05, 0) is 37.3 Å². The Balaban J connectivity index is 1.43. The van der Waals surface area contributed by atoms with Gasteiger partial charge in [-0.3, -0.25) is 4.98 Å². The number of nitrogens with zero attached hydrogens (tertiary/aromatic N) is 4. The first kappa shape index (κ1) is 21.2. The summed E-state index contributed by atoms with van der Waals surface area (Å²) in [6.45, 7) is 6.61. The monoisotopic (exact) mass is 443 g/mol. The lowest BCUT2D eigenvalue weighted by atomic mass is 10.1. The fourth-order valence-electron chi connectivity index (χ4n) is 3.80. The molecule has 2 aliphatic rings. The molecule has 2 fully saturated rings. The van der Waals surface area contributed by atoms with Gasteiger partial charge >= 0.3 is 0 Å². The fraction of sp³-hybridized carbons (Fsp3) is 0.320. The Morgan fingerprint density at radius 3 is 2.64 bits per heavy atom. The normalized spacial score (nSPS) is 16.1. The van der Waals surface area contributed by atoms with Crippen molar-refractivity contribution in [1.82, 2.24) is 15.3 Å². The predicted octanol–water partition coefficient (Wildman–Crippen LogP) is 3.30. The van der Waals surface area contributed by atoms with Crippen molar-refractivity contribution in [2.24, 2.45) is 0 Å². The third-order valence-corrected chi connectivity index (χ3v) is 5.65. The van der Waals surface area contributed by atoms with Gasteiger partial charge in [0.2, 0.25) is 0 Å². The van der Waals surface area contributed by atoms with E-state index in [1.807, 2.05) is 37.3 Å². The van der Waals surface area contributed by atoms with Crippen molar-refractivity contribution in [3.8, 4) is 34.6 Å². The molecular weight excluding hydrogens is 418 g/mol. The highest BCUT2D eigenvalue weighted by Gasteiger charge is 2.19. The van der Waals surface area contributed by atoms with Crippen molar-refractivity contribution in [3.63, 3.8) is 0 Å². The van der Waals surface area contributed by atoms with E-state index in [0.717, 1.165) is 54.7 Å². The summed E-state index contributed by atoms with van der Waals surface area (Å²) in [5.74, 6) is 2.83. The Kier molecular flexibility index (Phi) is 6.07. The lowest BCUT2D eigenvalue weighted by molar-refractivity contribution is 0.122. The minimum atomic E-state index is 0.196. The van der Waals surface area contributed by atoms with Gasteiger partial charge in [-0.15, -0.1) is 0 Å². The van der Waals surface area contributed by atoms with Crippen LogP contribution in [-0.2, 0) is 4.74 Å². The molecule has 2 aromatic heterocycles. The van der Waals surface area contributed by atoms with Crippen LogP contribution in [0.15, 0.2) is 48.7 Å². The van der Waals surface area contributed by atoms with Crippen molar-refractivity contribution in [1.29, 1.82) is 5.26 Å². The molecule has 168 valence electrons. The van der Waals surface area contributed by atoms with E-state index in [4.69, 9.17) is 14.2 Å². The van der Waals surface area contributed by atoms with E-state index in [-0.39, 0.29) is 6.10 Å². The summed E-state index contributed by atoms with van der Waals surface area (Å²) in [6, 6.07) is 15.2. The molecule has 5 rings (SSSR count). The average Bonchev–Trinajstić information content (AvgIpc) is 2.82. The Bertz CT molecular complexity index is 1170. The van der Waals surface area contributed by atoms with Crippen LogP contribution in [0.4, 0.5) is 5.82 Å². The van der Waals surface area contributed by atoms with Crippen molar-refractivity contribution in [2.75, 3.05) is 44.3 Å². The zero-order chi connectivity index (χ0) is 22.6. The molecule has 0 spiro atoms. The van der Waals surface area contributed by atoms with E-state index >= 15 is 0 Å². The minimum Gasteiger partial charge on any atom is -0.486 e. The van der Waals surface area contributed by atoms with Gasteiger partial charge in [-0.1, -0.05) is 0 Å². The lowest BCUT2D eigenvalue weighted by Gasteiger charge is -2.28. The quantitative estimate of drug-likeness (QED) is 0.620. The highest BCUT2D eigenvalue weighted by atomic mass is 16.5. The second-order valence-corrected chi connectivity index (χ2v) is 8.10. The zero-order valence-corrected chi connectivity index (χ0v) is 18.5. The Morgan fingerprint density at radius 1 is 1.09 bits per heavy atom. The van der Waals surface area contributed by atoms with Gasteiger partial charge in [-0.25, -0.2) is 4.98 Å². The van der Waals surface area contributed by atoms with Crippen molar-refractivity contribution >= 4 is 5.82 Å². The number of pyridine rings is 2. The standard InChI is InChI=1S/C25H25N5O3/c1-17-10-20(12-25(29-17)30-6-8-31-9-7-30)33-24-11-18(13-26)2-4-22(24)23-5-3-19(16-28-23)32-21-14-27-15-21/h2-5,10-12,16,21,27H,6-9,14-15H2,1H3. The lowest BCUT2D eigenvalue weighted by Crippen LogP contribution is -2.50. The molecule has 2 saturated heterocycles. The Hall–Kier alpha value is -3.67. The maximum absolute atomic E-state index is 9.43. The summed E-state index contributed by atoms with van der Waals surface area (Å²) in [5.41, 5.74) is 2.92. The summed E-state index contributed by atoms with van der Waals surface area (Å²) in [4.78, 5) is 11.4. The van der Waals surface area contributed by atoms with Crippen molar-refractivity contribution in [2.45, 2.75) is 13.0 Å². The number of nitriles is 1. The van der Waals surface area contributed by atoms with Crippen LogP contribution in [0.3, 0.4) is 0 Å². The van der Waals surface area contributed by atoms with Gasteiger partial charge < -0.3 is 24.4 Å². The van der Waals surface area contributed by atoms with Gasteiger partial charge in [0.25, 0.3) is 0 Å². The van der Waals surface area contributed by atoms with Crippen LogP contribution in [0.5, 0.6) is 17.2 Å². The number of rotatable bonds is 6. The van der Waals surface area contributed by atoms with Crippen molar-refractivity contribution < 1.29 is 14.2 Å². The molecule has 1 N–H and O–H groups in total. The van der Waals surface area contributed by atoms with Crippen LogP contribution in [0.2, 0.25) is 0 Å². The maximum atomic E-state index is 9.43. The van der Waals surface area contributed by atoms with Gasteiger partial charge in [0.05, 0.1) is 36.7 Å². The van der Waals surface area contributed by atoms with Gasteiger partial charge in [0, 0.05) is 49.6 Å². The number of morpholine rings is 1. The topological polar surface area (TPSA) is 92.5 Å². The number of hydrogen-bond acceptors (Lipinski definition) is 8. The SMILES string of the molecule is Cc1cc(Oc2cc(C#N)ccc2-c2ccc(OC3CNC3)cn2)cc(N2CCOCC2)n1. The molecule has 0 unspecified atom stereocenters. The molecule has 0 atom stereocenters. The first-order valence-electron chi connectivity index (χ1n) is 11.0. The summed E-state index contributed by atoms with van der Waals surface area (Å²) < 4.78 is 17.6. The van der Waals surface area contributed by atoms with Gasteiger partial charge in [0.1, 0.15) is 29.2 Å². The van der Waals surface area contributed by atoms with E-state index in [1.165, 1.54) is 0 Å². The third kappa shape index (κ3) is 4.90. The first-order chi connectivity index (χ1) is 16.2. The number of aromatic nitrogens is 2. The van der Waals surface area contributed by atoms with Crippen LogP contribution < -0.4 is 19.7 Å². The van der Waals surface area contributed by atoms with Gasteiger partial charge in [-0.2, -0.15) is 5.26 Å². The zero-order valence-electron chi connectivity index (χ0n) is 18.5. The second kappa shape index (κ2) is 9.45. The smallest absolute Gasteiger partial charge is 0.138 e. The molecule has 8 nitrogen and oxygen atoms in total. The van der Waals surface area contributed by atoms with Crippen LogP contribution in [-0.4, -0.2) is 55.5 Å². The highest BCUT2D eigenvalue weighted by Crippen LogP contribution is 2.35. The number of aryl methyl sites for hydroxylation is 1. The minimum absolute atomic E-state index is 0.196. The number of anilines is 1. The number of ether oxygens (including phenoxy) is 3. The molecule has 1 aromatic carbocycles. The molecule has 2 aliphatic heterocycles. The van der Waals surface area contributed by atoms with E-state index in [9.17, 15) is 5.26 Å². The van der Waals surface area contributed by atoms with Crippen LogP contribution in [0, 0.1) is 18.3 Å². The van der Waals surface area contributed by atoms with E-state index < -0.39 is 0 Å². The Labute approximate surface area is 192 Å². The van der Waals surface area contributed by atoms with Crippen LogP contribution in [0.25, 0.3) is 11.3 Å². The summed E-state index contributed by atoms with van der Waals surface area (Å²) >= 11 is 0. The van der Waals surface area contributed by atoms with E-state index in [0.29, 0.717) is 30.3 Å². The molecule has 8 heteroatoms. The summed E-state index contributed by atoms with van der Waals surface area (Å²) in [6.07, 6.45) is 1.92. The molecular formula is C25H25N5O3.